The maximum Gasteiger partial charge on any atom is 0.255 e. The molecule has 0 saturated carbocycles. The van der Waals surface area contributed by atoms with Gasteiger partial charge in [0.25, 0.3) is 5.91 Å². The summed E-state index contributed by atoms with van der Waals surface area (Å²) in [7, 11) is 4.79. The van der Waals surface area contributed by atoms with E-state index in [2.05, 4.69) is 22.8 Å². The van der Waals surface area contributed by atoms with Crippen molar-refractivity contribution in [2.75, 3.05) is 32.4 Å². The van der Waals surface area contributed by atoms with E-state index < -0.39 is 0 Å². The van der Waals surface area contributed by atoms with Gasteiger partial charge in [-0.05, 0) is 47.5 Å². The smallest absolute Gasteiger partial charge is 0.255 e. The zero-order valence-corrected chi connectivity index (χ0v) is 18.8. The SMILES string of the molecule is COc1cc(C2C=CC(c3ccc(C(=O)Nc4ccccc4N)cc3)N2)cc(OC)c1OC. The highest BCUT2D eigenvalue weighted by molar-refractivity contribution is 6.05. The van der Waals surface area contributed by atoms with Gasteiger partial charge in [-0.1, -0.05) is 36.4 Å². The van der Waals surface area contributed by atoms with Gasteiger partial charge in [0.15, 0.2) is 11.5 Å². The van der Waals surface area contributed by atoms with Crippen LogP contribution in [0.25, 0.3) is 0 Å². The van der Waals surface area contributed by atoms with E-state index in [0.29, 0.717) is 34.2 Å². The number of benzene rings is 3. The topological polar surface area (TPSA) is 94.8 Å². The monoisotopic (exact) mass is 445 g/mol. The van der Waals surface area contributed by atoms with E-state index in [4.69, 9.17) is 19.9 Å². The number of nitrogens with two attached hydrogens (primary N) is 1. The van der Waals surface area contributed by atoms with Gasteiger partial charge in [0.1, 0.15) is 0 Å². The lowest BCUT2D eigenvalue weighted by Gasteiger charge is -2.19. The molecule has 0 aromatic heterocycles. The lowest BCUT2D eigenvalue weighted by molar-refractivity contribution is 0.102. The number of ether oxygens (including phenoxy) is 3. The van der Waals surface area contributed by atoms with Crippen molar-refractivity contribution in [3.8, 4) is 17.2 Å². The zero-order valence-electron chi connectivity index (χ0n) is 18.8. The van der Waals surface area contributed by atoms with Gasteiger partial charge in [-0.3, -0.25) is 10.1 Å². The van der Waals surface area contributed by atoms with Gasteiger partial charge >= 0.3 is 0 Å². The maximum atomic E-state index is 12.6. The van der Waals surface area contributed by atoms with Crippen LogP contribution in [-0.2, 0) is 0 Å². The lowest BCUT2D eigenvalue weighted by atomic mass is 10.0. The fourth-order valence-electron chi connectivity index (χ4n) is 3.87. The quantitative estimate of drug-likeness (QED) is 0.366. The van der Waals surface area contributed by atoms with Gasteiger partial charge in [0.05, 0.1) is 44.8 Å². The van der Waals surface area contributed by atoms with Crippen molar-refractivity contribution in [3.05, 3.63) is 89.5 Å². The second-order valence-corrected chi connectivity index (χ2v) is 7.63. The molecule has 0 fully saturated rings. The van der Waals surface area contributed by atoms with Crippen LogP contribution in [0.4, 0.5) is 11.4 Å². The molecule has 1 heterocycles. The van der Waals surface area contributed by atoms with Crippen LogP contribution < -0.4 is 30.6 Å². The highest BCUT2D eigenvalue weighted by Gasteiger charge is 2.24. The number of hydrogen-bond acceptors (Lipinski definition) is 6. The molecular weight excluding hydrogens is 418 g/mol. The minimum atomic E-state index is -0.204. The Morgan fingerprint density at radius 3 is 2.03 bits per heavy atom. The minimum absolute atomic E-state index is 0.0102. The third-order valence-electron chi connectivity index (χ3n) is 5.64. The Kier molecular flexibility index (Phi) is 6.51. The van der Waals surface area contributed by atoms with Gasteiger partial charge in [-0.15, -0.1) is 0 Å². The summed E-state index contributed by atoms with van der Waals surface area (Å²) in [5.74, 6) is 1.58. The highest BCUT2D eigenvalue weighted by Crippen LogP contribution is 2.41. The van der Waals surface area contributed by atoms with E-state index in [9.17, 15) is 4.79 Å². The number of para-hydroxylation sites is 2. The van der Waals surface area contributed by atoms with Crippen LogP contribution in [0.1, 0.15) is 33.6 Å². The number of methoxy groups -OCH3 is 3. The molecule has 0 aliphatic carbocycles. The van der Waals surface area contributed by atoms with E-state index in [1.807, 2.05) is 48.5 Å². The Hall–Kier alpha value is -3.97. The van der Waals surface area contributed by atoms with Crippen LogP contribution in [0.5, 0.6) is 17.2 Å². The van der Waals surface area contributed by atoms with E-state index in [-0.39, 0.29) is 18.0 Å². The summed E-state index contributed by atoms with van der Waals surface area (Å²) in [5, 5.41) is 6.43. The molecule has 1 aliphatic heterocycles. The van der Waals surface area contributed by atoms with Gasteiger partial charge in [0.2, 0.25) is 5.75 Å². The standard InChI is InChI=1S/C26H27N3O4/c1-31-23-14-18(15-24(32-2)25(23)33-3)21-13-12-20(28-21)16-8-10-17(11-9-16)26(30)29-22-7-5-4-6-19(22)27/h4-15,20-21,28H,27H2,1-3H3,(H,29,30). The van der Waals surface area contributed by atoms with Crippen LogP contribution in [0, 0.1) is 0 Å². The van der Waals surface area contributed by atoms with Crippen molar-refractivity contribution >= 4 is 17.3 Å². The summed E-state index contributed by atoms with van der Waals surface area (Å²) in [4.78, 5) is 12.6. The molecule has 4 N–H and O–H groups in total. The van der Waals surface area contributed by atoms with Crippen LogP contribution in [-0.4, -0.2) is 27.2 Å². The summed E-state index contributed by atoms with van der Waals surface area (Å²) in [5.41, 5.74) is 9.65. The van der Waals surface area contributed by atoms with E-state index in [1.165, 1.54) is 0 Å². The van der Waals surface area contributed by atoms with Crippen molar-refractivity contribution in [1.29, 1.82) is 0 Å². The fourth-order valence-corrected chi connectivity index (χ4v) is 3.87. The van der Waals surface area contributed by atoms with Crippen LogP contribution >= 0.6 is 0 Å². The van der Waals surface area contributed by atoms with Gasteiger partial charge in [0, 0.05) is 5.56 Å². The van der Waals surface area contributed by atoms with Gasteiger partial charge < -0.3 is 25.3 Å². The third kappa shape index (κ3) is 4.63. The fraction of sp³-hybridized carbons (Fsp3) is 0.192. The first-order valence-electron chi connectivity index (χ1n) is 10.5. The number of rotatable bonds is 7. The number of nitrogens with one attached hydrogen (secondary N) is 2. The zero-order chi connectivity index (χ0) is 23.4. The van der Waals surface area contributed by atoms with Crippen molar-refractivity contribution in [2.45, 2.75) is 12.1 Å². The molecule has 0 radical (unpaired) electrons. The van der Waals surface area contributed by atoms with Crippen LogP contribution in [0.2, 0.25) is 0 Å². The van der Waals surface area contributed by atoms with Crippen molar-refractivity contribution in [1.82, 2.24) is 5.32 Å². The number of carbonyl (C=O) groups excluding carboxylic acids is 1. The number of amides is 1. The van der Waals surface area contributed by atoms with Crippen LogP contribution in [0.15, 0.2) is 72.8 Å². The maximum absolute atomic E-state index is 12.6. The molecule has 2 unspecified atom stereocenters. The molecule has 170 valence electrons. The average molecular weight is 446 g/mol. The Bertz CT molecular complexity index is 1150. The predicted octanol–water partition coefficient (Wildman–Crippen LogP) is 4.49. The van der Waals surface area contributed by atoms with Gasteiger partial charge in [-0.25, -0.2) is 0 Å². The normalized spacial score (nSPS) is 16.9. The first-order valence-corrected chi connectivity index (χ1v) is 10.5. The molecule has 4 rings (SSSR count). The molecule has 33 heavy (non-hydrogen) atoms. The summed E-state index contributed by atoms with van der Waals surface area (Å²) in [6.45, 7) is 0. The third-order valence-corrected chi connectivity index (χ3v) is 5.64. The number of hydrogen-bond donors (Lipinski definition) is 3. The molecule has 1 amide bonds. The predicted molar refractivity (Wildman–Crippen MR) is 129 cm³/mol. The second kappa shape index (κ2) is 9.67. The first kappa shape index (κ1) is 22.2. The van der Waals surface area contributed by atoms with Crippen molar-refractivity contribution < 1.29 is 19.0 Å². The summed E-state index contributed by atoms with van der Waals surface area (Å²) >= 11 is 0. The summed E-state index contributed by atoms with van der Waals surface area (Å²) in [6.07, 6.45) is 4.21. The number of carbonyl (C=O) groups is 1. The Labute approximate surface area is 193 Å². The molecule has 0 spiro atoms. The molecule has 1 aliphatic rings. The first-order chi connectivity index (χ1) is 16.0. The van der Waals surface area contributed by atoms with Crippen molar-refractivity contribution in [3.63, 3.8) is 0 Å². The molecular formula is C26H27N3O4. The average Bonchev–Trinajstić information content (AvgIpc) is 3.35. The summed E-state index contributed by atoms with van der Waals surface area (Å²) < 4.78 is 16.4. The molecule has 3 aromatic carbocycles. The van der Waals surface area contributed by atoms with E-state index in [1.54, 1.807) is 33.5 Å². The van der Waals surface area contributed by atoms with Crippen molar-refractivity contribution in [2.24, 2.45) is 0 Å². The number of nitrogen functional groups attached to an aromatic ring is 1. The van der Waals surface area contributed by atoms with E-state index >= 15 is 0 Å². The number of anilines is 2. The molecule has 3 aromatic rings. The Balaban J connectivity index is 1.46. The molecule has 0 saturated heterocycles. The van der Waals surface area contributed by atoms with E-state index in [0.717, 1.165) is 11.1 Å². The Morgan fingerprint density at radius 2 is 1.45 bits per heavy atom. The Morgan fingerprint density at radius 1 is 0.848 bits per heavy atom. The largest absolute Gasteiger partial charge is 0.493 e. The molecule has 0 bridgehead atoms. The second-order valence-electron chi connectivity index (χ2n) is 7.63. The summed E-state index contributed by atoms with van der Waals surface area (Å²) in [6, 6.07) is 18.6. The molecule has 7 nitrogen and oxygen atoms in total. The van der Waals surface area contributed by atoms with Crippen LogP contribution in [0.3, 0.4) is 0 Å². The lowest BCUT2D eigenvalue weighted by Crippen LogP contribution is -2.19. The molecule has 2 atom stereocenters. The van der Waals surface area contributed by atoms with Gasteiger partial charge in [-0.2, -0.15) is 0 Å². The molecule has 7 heteroatoms. The minimum Gasteiger partial charge on any atom is -0.493 e. The highest BCUT2D eigenvalue weighted by atomic mass is 16.5.